The average Bonchev–Trinajstić information content (AvgIpc) is 2.87. The number of hydrogen-bond acceptors (Lipinski definition) is 8. The molecule has 4 rings (SSSR count). The van der Waals surface area contributed by atoms with Crippen molar-refractivity contribution in [3.05, 3.63) is 64.9 Å². The maximum atomic E-state index is 13.7. The van der Waals surface area contributed by atoms with Crippen molar-refractivity contribution in [2.45, 2.75) is 31.6 Å². The van der Waals surface area contributed by atoms with E-state index >= 15 is 0 Å². The number of esters is 1. The fourth-order valence-electron chi connectivity index (χ4n) is 5.06. The molecule has 0 fully saturated rings. The van der Waals surface area contributed by atoms with Crippen LogP contribution in [0.3, 0.4) is 0 Å². The Labute approximate surface area is 210 Å². The number of aliphatic imine (C=N–C) groups is 1. The van der Waals surface area contributed by atoms with Gasteiger partial charge in [-0.2, -0.15) is 0 Å². The van der Waals surface area contributed by atoms with Gasteiger partial charge in [-0.15, -0.1) is 0 Å². The number of nitrogens with zero attached hydrogens (tertiary/aromatic N) is 1. The number of rotatable bonds is 8. The molecule has 2 aromatic rings. The van der Waals surface area contributed by atoms with E-state index in [0.29, 0.717) is 34.9 Å². The number of carbonyl (C=O) groups is 2. The number of carbonyl (C=O) groups excluding carboxylic acids is 2. The highest BCUT2D eigenvalue weighted by Gasteiger charge is 2.44. The Balaban J connectivity index is 1.73. The van der Waals surface area contributed by atoms with Gasteiger partial charge in [-0.3, -0.25) is 14.6 Å². The predicted molar refractivity (Wildman–Crippen MR) is 134 cm³/mol. The molecule has 1 unspecified atom stereocenters. The van der Waals surface area contributed by atoms with Crippen molar-refractivity contribution in [2.24, 2.45) is 10.9 Å². The third kappa shape index (κ3) is 4.99. The van der Waals surface area contributed by atoms with Crippen molar-refractivity contribution < 1.29 is 33.6 Å². The van der Waals surface area contributed by atoms with E-state index in [2.05, 4.69) is 0 Å². The van der Waals surface area contributed by atoms with Crippen LogP contribution in [0.4, 0.5) is 0 Å². The van der Waals surface area contributed by atoms with Gasteiger partial charge in [0.1, 0.15) is 18.3 Å². The van der Waals surface area contributed by atoms with Crippen LogP contribution in [0.25, 0.3) is 0 Å². The molecule has 190 valence electrons. The first-order valence-electron chi connectivity index (χ1n) is 11.9. The summed E-state index contributed by atoms with van der Waals surface area (Å²) in [6.07, 6.45) is 0.830. The highest BCUT2D eigenvalue weighted by Crippen LogP contribution is 2.47. The van der Waals surface area contributed by atoms with E-state index in [-0.39, 0.29) is 37.1 Å². The van der Waals surface area contributed by atoms with Crippen LogP contribution in [0, 0.1) is 5.92 Å². The number of allylic oxidation sites excluding steroid dienone is 2. The molecule has 0 radical (unpaired) electrons. The van der Waals surface area contributed by atoms with Crippen molar-refractivity contribution in [3.63, 3.8) is 0 Å². The highest BCUT2D eigenvalue weighted by atomic mass is 16.6. The number of phenolic OH excluding ortho intramolecular Hbond substituents is 1. The van der Waals surface area contributed by atoms with Crippen LogP contribution in [0.5, 0.6) is 17.2 Å². The smallest absolute Gasteiger partial charge is 0.315 e. The molecule has 2 aliphatic rings. The van der Waals surface area contributed by atoms with Gasteiger partial charge in [-0.05, 0) is 54.7 Å². The van der Waals surface area contributed by atoms with Crippen LogP contribution in [0.1, 0.15) is 42.7 Å². The van der Waals surface area contributed by atoms with Gasteiger partial charge in [-0.25, -0.2) is 0 Å². The Bertz CT molecular complexity index is 1200. The summed E-state index contributed by atoms with van der Waals surface area (Å²) in [6, 6.07) is 12.3. The number of ketones is 1. The topological polar surface area (TPSA) is 104 Å². The van der Waals surface area contributed by atoms with E-state index in [4.69, 9.17) is 23.9 Å². The molecule has 36 heavy (non-hydrogen) atoms. The Morgan fingerprint density at radius 2 is 1.67 bits per heavy atom. The maximum Gasteiger partial charge on any atom is 0.315 e. The molecule has 8 nitrogen and oxygen atoms in total. The first-order valence-corrected chi connectivity index (χ1v) is 11.9. The number of aromatic hydroxyl groups is 1. The minimum atomic E-state index is -0.744. The summed E-state index contributed by atoms with van der Waals surface area (Å²) in [4.78, 5) is 31.6. The van der Waals surface area contributed by atoms with Crippen LogP contribution < -0.4 is 9.47 Å². The van der Waals surface area contributed by atoms with Gasteiger partial charge in [0.15, 0.2) is 17.3 Å². The summed E-state index contributed by atoms with van der Waals surface area (Å²) < 4.78 is 21.3. The number of benzene rings is 2. The first-order chi connectivity index (χ1) is 17.4. The maximum absolute atomic E-state index is 13.7. The molecule has 0 saturated heterocycles. The lowest BCUT2D eigenvalue weighted by Crippen LogP contribution is -2.38. The van der Waals surface area contributed by atoms with Crippen LogP contribution in [-0.4, -0.2) is 57.1 Å². The number of methoxy groups -OCH3 is 3. The standard InChI is InChI=1S/C28H31NO7/c1-16-25(28(32)36-12-11-33-2)26(17-5-8-20(30)9-6-17)27-21(29-16)13-19(14-22(27)31)18-7-10-23(34-3)24(15-18)35-4/h5-10,15,19,25-26,30H,11-14H2,1-4H3/t19-,25?,26+/m1/s1. The Kier molecular flexibility index (Phi) is 7.74. The SMILES string of the molecule is COCCOC(=O)C1C(C)=NC2=C(C(=O)C[C@H](c3ccc(OC)c(OC)c3)C2)[C@H]1c1ccc(O)cc1. The largest absolute Gasteiger partial charge is 0.508 e. The first kappa shape index (κ1) is 25.4. The minimum absolute atomic E-state index is 0.0555. The Hall–Kier alpha value is -3.65. The molecular formula is C28H31NO7. The van der Waals surface area contributed by atoms with E-state index < -0.39 is 17.8 Å². The predicted octanol–water partition coefficient (Wildman–Crippen LogP) is 4.17. The number of phenols is 1. The molecular weight excluding hydrogens is 462 g/mol. The van der Waals surface area contributed by atoms with Crippen molar-refractivity contribution in [2.75, 3.05) is 34.5 Å². The molecule has 0 spiro atoms. The molecule has 0 aromatic heterocycles. The fourth-order valence-corrected chi connectivity index (χ4v) is 5.06. The van der Waals surface area contributed by atoms with Gasteiger partial charge in [0.25, 0.3) is 0 Å². The molecule has 0 amide bonds. The molecule has 1 aliphatic heterocycles. The molecule has 8 heteroatoms. The quantitative estimate of drug-likeness (QED) is 0.435. The summed E-state index contributed by atoms with van der Waals surface area (Å²) in [6.45, 7) is 2.19. The van der Waals surface area contributed by atoms with Crippen molar-refractivity contribution >= 4 is 17.5 Å². The monoisotopic (exact) mass is 493 g/mol. The summed E-state index contributed by atoms with van der Waals surface area (Å²) in [7, 11) is 4.70. The second kappa shape index (κ2) is 11.0. The van der Waals surface area contributed by atoms with Crippen LogP contribution in [-0.2, 0) is 19.1 Å². The number of ether oxygens (including phenoxy) is 4. The van der Waals surface area contributed by atoms with Gasteiger partial charge in [0, 0.05) is 36.4 Å². The van der Waals surface area contributed by atoms with Crippen LogP contribution in [0.15, 0.2) is 58.7 Å². The van der Waals surface area contributed by atoms with Gasteiger partial charge in [0.05, 0.1) is 20.8 Å². The average molecular weight is 494 g/mol. The minimum Gasteiger partial charge on any atom is -0.508 e. The normalized spacial score (nSPS) is 21.5. The fraction of sp³-hybridized carbons (Fsp3) is 0.393. The summed E-state index contributed by atoms with van der Waals surface area (Å²) in [5.74, 6) is -0.551. The number of Topliss-reactive ketones (excluding diaryl/α,β-unsaturated/α-hetero) is 1. The van der Waals surface area contributed by atoms with E-state index in [9.17, 15) is 14.7 Å². The summed E-state index contributed by atoms with van der Waals surface area (Å²) in [5.41, 5.74) is 3.53. The molecule has 1 aliphatic carbocycles. The molecule has 1 heterocycles. The van der Waals surface area contributed by atoms with Gasteiger partial charge in [0.2, 0.25) is 0 Å². The zero-order valence-electron chi connectivity index (χ0n) is 20.9. The van der Waals surface area contributed by atoms with Crippen LogP contribution >= 0.6 is 0 Å². The van der Waals surface area contributed by atoms with Crippen LogP contribution in [0.2, 0.25) is 0 Å². The lowest BCUT2D eigenvalue weighted by atomic mass is 9.69. The molecule has 0 bridgehead atoms. The molecule has 2 aromatic carbocycles. The molecule has 3 atom stereocenters. The Morgan fingerprint density at radius 1 is 0.972 bits per heavy atom. The van der Waals surface area contributed by atoms with Gasteiger partial charge < -0.3 is 24.1 Å². The van der Waals surface area contributed by atoms with Gasteiger partial charge in [-0.1, -0.05) is 18.2 Å². The lowest BCUT2D eigenvalue weighted by molar-refractivity contribution is -0.147. The van der Waals surface area contributed by atoms with Crippen molar-refractivity contribution in [1.29, 1.82) is 0 Å². The van der Waals surface area contributed by atoms with E-state index in [1.807, 2.05) is 18.2 Å². The summed E-state index contributed by atoms with van der Waals surface area (Å²) >= 11 is 0. The second-order valence-electron chi connectivity index (χ2n) is 8.96. The van der Waals surface area contributed by atoms with Gasteiger partial charge >= 0.3 is 5.97 Å². The lowest BCUT2D eigenvalue weighted by Gasteiger charge is -2.36. The third-order valence-corrected chi connectivity index (χ3v) is 6.81. The third-order valence-electron chi connectivity index (χ3n) is 6.81. The molecule has 0 saturated carbocycles. The Morgan fingerprint density at radius 3 is 2.33 bits per heavy atom. The number of hydrogen-bond donors (Lipinski definition) is 1. The second-order valence-corrected chi connectivity index (χ2v) is 8.96. The van der Waals surface area contributed by atoms with Crippen molar-refractivity contribution in [1.82, 2.24) is 0 Å². The molecule has 1 N–H and O–H groups in total. The summed E-state index contributed by atoms with van der Waals surface area (Å²) in [5, 5.41) is 9.82. The zero-order chi connectivity index (χ0) is 25.8. The zero-order valence-corrected chi connectivity index (χ0v) is 20.9. The van der Waals surface area contributed by atoms with E-state index in [1.165, 1.54) is 7.11 Å². The van der Waals surface area contributed by atoms with E-state index in [0.717, 1.165) is 11.1 Å². The van der Waals surface area contributed by atoms with E-state index in [1.54, 1.807) is 45.4 Å². The van der Waals surface area contributed by atoms with Crippen molar-refractivity contribution in [3.8, 4) is 17.2 Å². The highest BCUT2D eigenvalue weighted by molar-refractivity contribution is 6.09.